The molecule has 1 saturated heterocycles. The Bertz CT molecular complexity index is 780. The number of nitrogens with zero attached hydrogens (tertiary/aromatic N) is 4. The highest BCUT2D eigenvalue weighted by atomic mass is 16.5. The molecule has 3 aromatic rings. The molecule has 0 amide bonds. The van der Waals surface area contributed by atoms with Crippen LogP contribution in [-0.4, -0.2) is 26.1 Å². The number of benzene rings is 1. The third-order valence-electron chi connectivity index (χ3n) is 4.13. The summed E-state index contributed by atoms with van der Waals surface area (Å²) in [6, 6.07) is 10.2. The molecule has 3 heterocycles. The van der Waals surface area contributed by atoms with Gasteiger partial charge < -0.3 is 10.1 Å². The molecular weight excluding hydrogens is 290 g/mol. The van der Waals surface area contributed by atoms with Crippen molar-refractivity contribution < 1.29 is 4.74 Å². The Morgan fingerprint density at radius 1 is 1.13 bits per heavy atom. The number of fused-ring (bicyclic) bond motifs is 1. The average molecular weight is 309 g/mol. The second kappa shape index (κ2) is 6.34. The standard InChI is InChI=1S/C17H19N5O/c1-2-6-13(7-3-1)10-18-16-15-17(20-11-19-16)22(12-21-15)14-8-4-5-9-23-14/h1-3,6-7,11-12,14H,4-5,8-10H2,(H,18,19,20)/t14-/m1/s1. The van der Waals surface area contributed by atoms with Gasteiger partial charge in [-0.15, -0.1) is 0 Å². The SMILES string of the molecule is c1ccc(CNc2ncnc3c2ncn3[C@H]2CCCCO2)cc1. The van der Waals surface area contributed by atoms with Crippen LogP contribution in [0.5, 0.6) is 0 Å². The van der Waals surface area contributed by atoms with E-state index in [2.05, 4.69) is 32.4 Å². The van der Waals surface area contributed by atoms with Crippen LogP contribution in [0.15, 0.2) is 43.0 Å². The lowest BCUT2D eigenvalue weighted by Gasteiger charge is -2.23. The summed E-state index contributed by atoms with van der Waals surface area (Å²) in [5.41, 5.74) is 2.81. The summed E-state index contributed by atoms with van der Waals surface area (Å²) in [4.78, 5) is 13.2. The van der Waals surface area contributed by atoms with Crippen LogP contribution >= 0.6 is 0 Å². The first kappa shape index (κ1) is 14.1. The molecule has 0 saturated carbocycles. The van der Waals surface area contributed by atoms with E-state index in [1.807, 2.05) is 29.1 Å². The molecule has 1 atom stereocenters. The van der Waals surface area contributed by atoms with Crippen molar-refractivity contribution >= 4 is 17.0 Å². The van der Waals surface area contributed by atoms with Crippen molar-refractivity contribution in [2.45, 2.75) is 32.0 Å². The van der Waals surface area contributed by atoms with Gasteiger partial charge in [-0.1, -0.05) is 30.3 Å². The minimum absolute atomic E-state index is 0.0330. The molecule has 1 aliphatic heterocycles. The van der Waals surface area contributed by atoms with Gasteiger partial charge in [0, 0.05) is 13.2 Å². The highest BCUT2D eigenvalue weighted by molar-refractivity contribution is 5.82. The molecule has 0 unspecified atom stereocenters. The molecule has 118 valence electrons. The zero-order valence-corrected chi connectivity index (χ0v) is 12.9. The molecule has 0 bridgehead atoms. The average Bonchev–Trinajstić information content (AvgIpc) is 3.06. The number of ether oxygens (including phenoxy) is 1. The second-order valence-electron chi connectivity index (χ2n) is 5.71. The molecule has 0 spiro atoms. The first-order valence-corrected chi connectivity index (χ1v) is 7.99. The Labute approximate surface area is 134 Å². The molecule has 1 aliphatic rings. The van der Waals surface area contributed by atoms with Gasteiger partial charge in [-0.05, 0) is 24.8 Å². The molecule has 2 aromatic heterocycles. The van der Waals surface area contributed by atoms with Crippen LogP contribution in [0.1, 0.15) is 31.1 Å². The fourth-order valence-electron chi connectivity index (χ4n) is 2.92. The smallest absolute Gasteiger partial charge is 0.167 e. The molecule has 0 aliphatic carbocycles. The van der Waals surface area contributed by atoms with E-state index in [0.29, 0.717) is 6.54 Å². The quantitative estimate of drug-likeness (QED) is 0.802. The molecule has 4 rings (SSSR count). The lowest BCUT2D eigenvalue weighted by Crippen LogP contribution is -2.17. The summed E-state index contributed by atoms with van der Waals surface area (Å²) in [6.45, 7) is 1.51. The van der Waals surface area contributed by atoms with Gasteiger partial charge in [0.25, 0.3) is 0 Å². The Morgan fingerprint density at radius 3 is 2.87 bits per heavy atom. The van der Waals surface area contributed by atoms with Crippen molar-refractivity contribution in [3.63, 3.8) is 0 Å². The van der Waals surface area contributed by atoms with Gasteiger partial charge >= 0.3 is 0 Å². The summed E-state index contributed by atoms with van der Waals surface area (Å²) >= 11 is 0. The van der Waals surface area contributed by atoms with Crippen LogP contribution in [0.2, 0.25) is 0 Å². The van der Waals surface area contributed by atoms with Crippen molar-refractivity contribution in [3.05, 3.63) is 48.5 Å². The van der Waals surface area contributed by atoms with Crippen molar-refractivity contribution in [2.75, 3.05) is 11.9 Å². The van der Waals surface area contributed by atoms with Crippen LogP contribution in [0.3, 0.4) is 0 Å². The van der Waals surface area contributed by atoms with Crippen LogP contribution < -0.4 is 5.32 Å². The third kappa shape index (κ3) is 2.90. The predicted octanol–water partition coefficient (Wildman–Crippen LogP) is 3.14. The lowest BCUT2D eigenvalue weighted by molar-refractivity contribution is -0.0298. The van der Waals surface area contributed by atoms with Gasteiger partial charge in [0.2, 0.25) is 0 Å². The van der Waals surface area contributed by atoms with Gasteiger partial charge in [-0.25, -0.2) is 15.0 Å². The molecule has 0 radical (unpaired) electrons. The molecule has 6 nitrogen and oxygen atoms in total. The number of hydrogen-bond donors (Lipinski definition) is 1. The molecule has 1 N–H and O–H groups in total. The summed E-state index contributed by atoms with van der Waals surface area (Å²) in [5, 5.41) is 3.35. The highest BCUT2D eigenvalue weighted by Gasteiger charge is 2.19. The summed E-state index contributed by atoms with van der Waals surface area (Å²) < 4.78 is 7.86. The van der Waals surface area contributed by atoms with E-state index >= 15 is 0 Å². The van der Waals surface area contributed by atoms with Crippen LogP contribution in [0.4, 0.5) is 5.82 Å². The van der Waals surface area contributed by atoms with Crippen LogP contribution in [0, 0.1) is 0 Å². The van der Waals surface area contributed by atoms with Gasteiger partial charge in [-0.2, -0.15) is 0 Å². The first-order valence-electron chi connectivity index (χ1n) is 7.99. The van der Waals surface area contributed by atoms with E-state index in [9.17, 15) is 0 Å². The summed E-state index contributed by atoms with van der Waals surface area (Å²) in [6.07, 6.45) is 6.73. The summed E-state index contributed by atoms with van der Waals surface area (Å²) in [5.74, 6) is 0.758. The Balaban J connectivity index is 1.59. The minimum Gasteiger partial charge on any atom is -0.364 e. The Morgan fingerprint density at radius 2 is 2.04 bits per heavy atom. The largest absolute Gasteiger partial charge is 0.364 e. The number of nitrogens with one attached hydrogen (secondary N) is 1. The maximum Gasteiger partial charge on any atom is 0.167 e. The van der Waals surface area contributed by atoms with E-state index in [1.54, 1.807) is 6.33 Å². The normalized spacial score (nSPS) is 18.2. The molecular formula is C17H19N5O. The molecule has 23 heavy (non-hydrogen) atoms. The van der Waals surface area contributed by atoms with Gasteiger partial charge in [0.05, 0.1) is 6.33 Å². The van der Waals surface area contributed by atoms with Gasteiger partial charge in [0.15, 0.2) is 17.0 Å². The van der Waals surface area contributed by atoms with E-state index < -0.39 is 0 Å². The fourth-order valence-corrected chi connectivity index (χ4v) is 2.92. The highest BCUT2D eigenvalue weighted by Crippen LogP contribution is 2.27. The van der Waals surface area contributed by atoms with Crippen molar-refractivity contribution in [2.24, 2.45) is 0 Å². The topological polar surface area (TPSA) is 64.9 Å². The first-order chi connectivity index (χ1) is 11.4. The minimum atomic E-state index is 0.0330. The van der Waals surface area contributed by atoms with E-state index in [1.165, 1.54) is 12.0 Å². The van der Waals surface area contributed by atoms with Gasteiger partial charge in [-0.3, -0.25) is 4.57 Å². The van der Waals surface area contributed by atoms with Crippen LogP contribution in [-0.2, 0) is 11.3 Å². The lowest BCUT2D eigenvalue weighted by atomic mass is 10.2. The Hall–Kier alpha value is -2.47. The zero-order chi connectivity index (χ0) is 15.5. The summed E-state index contributed by atoms with van der Waals surface area (Å²) in [7, 11) is 0. The zero-order valence-electron chi connectivity index (χ0n) is 12.9. The number of anilines is 1. The van der Waals surface area contributed by atoms with Gasteiger partial charge in [0.1, 0.15) is 12.6 Å². The second-order valence-corrected chi connectivity index (χ2v) is 5.71. The van der Waals surface area contributed by atoms with Crippen molar-refractivity contribution in [1.82, 2.24) is 19.5 Å². The maximum atomic E-state index is 5.84. The number of imidazole rings is 1. The fraction of sp³-hybridized carbons (Fsp3) is 0.353. The van der Waals surface area contributed by atoms with E-state index in [-0.39, 0.29) is 6.23 Å². The number of aromatic nitrogens is 4. The monoisotopic (exact) mass is 309 g/mol. The predicted molar refractivity (Wildman–Crippen MR) is 87.9 cm³/mol. The number of rotatable bonds is 4. The van der Waals surface area contributed by atoms with E-state index in [0.717, 1.165) is 36.4 Å². The maximum absolute atomic E-state index is 5.84. The molecule has 6 heteroatoms. The van der Waals surface area contributed by atoms with Crippen molar-refractivity contribution in [3.8, 4) is 0 Å². The third-order valence-corrected chi connectivity index (χ3v) is 4.13. The van der Waals surface area contributed by atoms with Crippen molar-refractivity contribution in [1.29, 1.82) is 0 Å². The Kier molecular flexibility index (Phi) is 3.90. The van der Waals surface area contributed by atoms with Crippen LogP contribution in [0.25, 0.3) is 11.2 Å². The van der Waals surface area contributed by atoms with E-state index in [4.69, 9.17) is 4.74 Å². The molecule has 1 fully saturated rings. The number of hydrogen-bond acceptors (Lipinski definition) is 5. The molecule has 1 aromatic carbocycles.